The van der Waals surface area contributed by atoms with Gasteiger partial charge in [0.15, 0.2) is 0 Å². The number of rotatable bonds is 8. The Labute approximate surface area is 111 Å². The summed E-state index contributed by atoms with van der Waals surface area (Å²) in [5.41, 5.74) is -0.580. The van der Waals surface area contributed by atoms with E-state index in [1.165, 1.54) is 21.4 Å². The molecule has 19 heavy (non-hydrogen) atoms. The molecule has 6 heteroatoms. The number of carboxylic acids is 1. The minimum absolute atomic E-state index is 0.129. The van der Waals surface area contributed by atoms with Crippen molar-refractivity contribution in [2.75, 3.05) is 0 Å². The quantitative estimate of drug-likeness (QED) is 0.715. The normalized spacial score (nSPS) is 10.6. The van der Waals surface area contributed by atoms with E-state index >= 15 is 0 Å². The monoisotopic (exact) mass is 268 g/mol. The van der Waals surface area contributed by atoms with Crippen LogP contribution in [0.3, 0.4) is 0 Å². The van der Waals surface area contributed by atoms with E-state index < -0.39 is 5.97 Å². The maximum atomic E-state index is 12.0. The Balaban J connectivity index is 2.62. The smallest absolute Gasteiger partial charge is 0.330 e. The molecule has 1 N–H and O–H groups in total. The van der Waals surface area contributed by atoms with Gasteiger partial charge in [0, 0.05) is 31.8 Å². The summed E-state index contributed by atoms with van der Waals surface area (Å²) in [5, 5.41) is 8.50. The van der Waals surface area contributed by atoms with Crippen molar-refractivity contribution in [1.29, 1.82) is 0 Å². The Kier molecular flexibility index (Phi) is 6.05. The molecule has 0 fully saturated rings. The lowest BCUT2D eigenvalue weighted by molar-refractivity contribution is -0.137. The highest BCUT2D eigenvalue weighted by Gasteiger charge is 2.04. The zero-order valence-corrected chi connectivity index (χ0v) is 11.2. The Morgan fingerprint density at radius 3 is 2.58 bits per heavy atom. The van der Waals surface area contributed by atoms with E-state index in [-0.39, 0.29) is 17.7 Å². The molecule has 0 bridgehead atoms. The summed E-state index contributed by atoms with van der Waals surface area (Å²) in [5.74, 6) is -0.817. The minimum atomic E-state index is -0.817. The number of aryl methyl sites for hydroxylation is 1. The van der Waals surface area contributed by atoms with Gasteiger partial charge in [0.25, 0.3) is 5.56 Å². The largest absolute Gasteiger partial charge is 0.481 e. The van der Waals surface area contributed by atoms with E-state index in [0.29, 0.717) is 32.4 Å². The van der Waals surface area contributed by atoms with Gasteiger partial charge in [0.1, 0.15) is 0 Å². The number of aliphatic carboxylic acids is 1. The number of carbonyl (C=O) groups is 1. The molecule has 0 aliphatic rings. The molecule has 0 radical (unpaired) electrons. The third-order valence-corrected chi connectivity index (χ3v) is 2.88. The predicted molar refractivity (Wildman–Crippen MR) is 71.4 cm³/mol. The maximum Gasteiger partial charge on any atom is 0.330 e. The van der Waals surface area contributed by atoms with Gasteiger partial charge in [-0.15, -0.1) is 0 Å². The summed E-state index contributed by atoms with van der Waals surface area (Å²) in [6.45, 7) is 2.91. The zero-order chi connectivity index (χ0) is 14.3. The van der Waals surface area contributed by atoms with Gasteiger partial charge in [-0.3, -0.25) is 14.2 Å². The van der Waals surface area contributed by atoms with Crippen LogP contribution < -0.4 is 11.2 Å². The van der Waals surface area contributed by atoms with Gasteiger partial charge >= 0.3 is 11.7 Å². The summed E-state index contributed by atoms with van der Waals surface area (Å²) >= 11 is 0. The fourth-order valence-electron chi connectivity index (χ4n) is 1.90. The molecule has 1 rings (SSSR count). The van der Waals surface area contributed by atoms with Crippen LogP contribution in [0, 0.1) is 0 Å². The van der Waals surface area contributed by atoms with Crippen LogP contribution in [0.15, 0.2) is 21.9 Å². The van der Waals surface area contributed by atoms with E-state index in [9.17, 15) is 14.4 Å². The summed E-state index contributed by atoms with van der Waals surface area (Å²) in [4.78, 5) is 34.0. The van der Waals surface area contributed by atoms with Crippen LogP contribution in [-0.2, 0) is 17.9 Å². The van der Waals surface area contributed by atoms with E-state index in [1.807, 2.05) is 6.92 Å². The van der Waals surface area contributed by atoms with Crippen molar-refractivity contribution in [2.45, 2.75) is 52.1 Å². The average molecular weight is 268 g/mol. The van der Waals surface area contributed by atoms with Crippen molar-refractivity contribution < 1.29 is 9.90 Å². The lowest BCUT2D eigenvalue weighted by Gasteiger charge is -2.08. The molecule has 1 aromatic rings. The van der Waals surface area contributed by atoms with Gasteiger partial charge in [-0.25, -0.2) is 4.79 Å². The Hall–Kier alpha value is -1.85. The number of hydrogen-bond acceptors (Lipinski definition) is 3. The summed E-state index contributed by atoms with van der Waals surface area (Å²) in [7, 11) is 0. The molecule has 0 aliphatic carbocycles. The topological polar surface area (TPSA) is 81.3 Å². The molecule has 0 atom stereocenters. The van der Waals surface area contributed by atoms with Crippen LogP contribution in [0.4, 0.5) is 0 Å². The fourth-order valence-corrected chi connectivity index (χ4v) is 1.90. The molecular weight excluding hydrogens is 248 g/mol. The van der Waals surface area contributed by atoms with Crippen LogP contribution in [-0.4, -0.2) is 20.2 Å². The lowest BCUT2D eigenvalue weighted by atomic mass is 10.2. The predicted octanol–water partition coefficient (Wildman–Crippen LogP) is 1.06. The standard InChI is InChI=1S/C13H20N2O4/c1-2-8-14-10-7-11(16)15(13(14)19)9-5-3-4-6-12(17)18/h7,10H,2-6,8-9H2,1H3,(H,17,18). The second-order valence-corrected chi connectivity index (χ2v) is 4.49. The van der Waals surface area contributed by atoms with Crippen LogP contribution >= 0.6 is 0 Å². The van der Waals surface area contributed by atoms with Gasteiger partial charge in [0.05, 0.1) is 0 Å². The molecule has 106 valence electrons. The van der Waals surface area contributed by atoms with E-state index in [4.69, 9.17) is 5.11 Å². The van der Waals surface area contributed by atoms with E-state index in [0.717, 1.165) is 6.42 Å². The third kappa shape index (κ3) is 4.73. The highest BCUT2D eigenvalue weighted by molar-refractivity contribution is 5.66. The third-order valence-electron chi connectivity index (χ3n) is 2.88. The SMILES string of the molecule is CCCn1ccc(=O)n(CCCCCC(=O)O)c1=O. The highest BCUT2D eigenvalue weighted by Crippen LogP contribution is 2.00. The summed E-state index contributed by atoms with van der Waals surface area (Å²) in [6, 6.07) is 1.40. The van der Waals surface area contributed by atoms with Crippen molar-refractivity contribution >= 4 is 5.97 Å². The molecule has 0 aliphatic heterocycles. The second kappa shape index (κ2) is 7.56. The van der Waals surface area contributed by atoms with Crippen molar-refractivity contribution in [1.82, 2.24) is 9.13 Å². The average Bonchev–Trinajstić information content (AvgIpc) is 2.36. The van der Waals surface area contributed by atoms with Gasteiger partial charge in [-0.05, 0) is 19.3 Å². The number of nitrogens with zero attached hydrogens (tertiary/aromatic N) is 2. The van der Waals surface area contributed by atoms with Gasteiger partial charge in [0.2, 0.25) is 0 Å². The van der Waals surface area contributed by atoms with Crippen molar-refractivity contribution in [3.63, 3.8) is 0 Å². The first-order valence-electron chi connectivity index (χ1n) is 6.58. The van der Waals surface area contributed by atoms with E-state index in [1.54, 1.807) is 0 Å². The highest BCUT2D eigenvalue weighted by atomic mass is 16.4. The van der Waals surface area contributed by atoms with Gasteiger partial charge < -0.3 is 9.67 Å². The molecule has 1 heterocycles. The molecule has 0 aromatic carbocycles. The Bertz CT molecular complexity index is 530. The lowest BCUT2D eigenvalue weighted by Crippen LogP contribution is -2.39. The van der Waals surface area contributed by atoms with Gasteiger partial charge in [-0.2, -0.15) is 0 Å². The van der Waals surface area contributed by atoms with Crippen LogP contribution in [0.2, 0.25) is 0 Å². The molecule has 0 saturated carbocycles. The first kappa shape index (κ1) is 15.2. The number of aromatic nitrogens is 2. The number of unbranched alkanes of at least 4 members (excludes halogenated alkanes) is 2. The van der Waals surface area contributed by atoms with Gasteiger partial charge in [-0.1, -0.05) is 13.3 Å². The van der Waals surface area contributed by atoms with E-state index in [2.05, 4.69) is 0 Å². The molecule has 6 nitrogen and oxygen atoms in total. The zero-order valence-electron chi connectivity index (χ0n) is 11.2. The minimum Gasteiger partial charge on any atom is -0.481 e. The second-order valence-electron chi connectivity index (χ2n) is 4.49. The Morgan fingerprint density at radius 2 is 1.95 bits per heavy atom. The molecule has 0 unspecified atom stereocenters. The van der Waals surface area contributed by atoms with Crippen LogP contribution in [0.25, 0.3) is 0 Å². The van der Waals surface area contributed by atoms with Crippen molar-refractivity contribution in [3.8, 4) is 0 Å². The van der Waals surface area contributed by atoms with Crippen LogP contribution in [0.1, 0.15) is 39.0 Å². The first-order valence-corrected chi connectivity index (χ1v) is 6.58. The first-order chi connectivity index (χ1) is 9.06. The molecule has 1 aromatic heterocycles. The molecule has 0 spiro atoms. The maximum absolute atomic E-state index is 12.0. The number of hydrogen-bond donors (Lipinski definition) is 1. The molecular formula is C13H20N2O4. The van der Waals surface area contributed by atoms with Crippen molar-refractivity contribution in [2.24, 2.45) is 0 Å². The van der Waals surface area contributed by atoms with Crippen LogP contribution in [0.5, 0.6) is 0 Å². The fraction of sp³-hybridized carbons (Fsp3) is 0.615. The summed E-state index contributed by atoms with van der Waals surface area (Å²) in [6.07, 6.45) is 4.38. The van der Waals surface area contributed by atoms with Crippen molar-refractivity contribution in [3.05, 3.63) is 33.1 Å². The molecule has 0 amide bonds. The summed E-state index contributed by atoms with van der Waals surface area (Å²) < 4.78 is 2.75. The Morgan fingerprint density at radius 1 is 1.21 bits per heavy atom. The molecule has 0 saturated heterocycles. The number of carboxylic acid groups (broad SMARTS) is 1.